The lowest BCUT2D eigenvalue weighted by atomic mass is 10.1. The molecule has 0 aromatic heterocycles. The Balaban J connectivity index is 1.64. The molecule has 2 heterocycles. The Labute approximate surface area is 125 Å². The predicted octanol–water partition coefficient (Wildman–Crippen LogP) is 2.07. The monoisotopic (exact) mass is 287 g/mol. The molecule has 3 rings (SSSR count). The molecule has 2 fully saturated rings. The van der Waals surface area contributed by atoms with E-state index in [0.29, 0.717) is 6.54 Å². The van der Waals surface area contributed by atoms with Gasteiger partial charge < -0.3 is 9.80 Å². The van der Waals surface area contributed by atoms with Crippen LogP contribution in [0.2, 0.25) is 0 Å². The molecule has 1 aromatic carbocycles. The van der Waals surface area contributed by atoms with Gasteiger partial charge in [0, 0.05) is 32.4 Å². The maximum absolute atomic E-state index is 11.9. The van der Waals surface area contributed by atoms with E-state index in [1.165, 1.54) is 36.9 Å². The first-order chi connectivity index (χ1) is 10.1. The van der Waals surface area contributed by atoms with Crippen LogP contribution in [-0.4, -0.2) is 48.4 Å². The number of hydrogen-bond acceptors (Lipinski definition) is 3. The van der Waals surface area contributed by atoms with Gasteiger partial charge in [-0.3, -0.25) is 9.69 Å². The molecular formula is C16H21N3O2. The Bertz CT molecular complexity index is 535. The van der Waals surface area contributed by atoms with Crippen molar-refractivity contribution in [1.29, 1.82) is 0 Å². The van der Waals surface area contributed by atoms with Gasteiger partial charge in [-0.25, -0.2) is 4.79 Å². The number of amides is 3. The van der Waals surface area contributed by atoms with Gasteiger partial charge in [0.15, 0.2) is 0 Å². The fraction of sp³-hybridized carbons (Fsp3) is 0.500. The number of likely N-dealkylation sites (N-methyl/N-ethyl adjacent to an activating group) is 1. The van der Waals surface area contributed by atoms with E-state index in [1.54, 1.807) is 4.90 Å². The summed E-state index contributed by atoms with van der Waals surface area (Å²) in [6.45, 7) is 2.94. The Morgan fingerprint density at radius 1 is 1.00 bits per heavy atom. The van der Waals surface area contributed by atoms with Crippen LogP contribution in [-0.2, 0) is 11.3 Å². The van der Waals surface area contributed by atoms with E-state index in [2.05, 4.69) is 29.2 Å². The van der Waals surface area contributed by atoms with Crippen molar-refractivity contribution in [3.05, 3.63) is 29.8 Å². The van der Waals surface area contributed by atoms with Crippen LogP contribution < -0.4 is 4.90 Å². The van der Waals surface area contributed by atoms with Crippen LogP contribution in [0.15, 0.2) is 24.3 Å². The molecule has 1 aromatic rings. The third-order valence-corrected chi connectivity index (χ3v) is 4.29. The van der Waals surface area contributed by atoms with Crippen LogP contribution in [0.1, 0.15) is 24.8 Å². The molecule has 112 valence electrons. The summed E-state index contributed by atoms with van der Waals surface area (Å²) in [7, 11) is 1.53. The van der Waals surface area contributed by atoms with E-state index in [9.17, 15) is 9.59 Å². The lowest BCUT2D eigenvalue weighted by molar-refractivity contribution is -0.124. The van der Waals surface area contributed by atoms with Gasteiger partial charge in [0.25, 0.3) is 0 Å². The van der Waals surface area contributed by atoms with Crippen molar-refractivity contribution in [3.63, 3.8) is 0 Å². The zero-order valence-electron chi connectivity index (χ0n) is 12.4. The summed E-state index contributed by atoms with van der Waals surface area (Å²) in [5.41, 5.74) is 2.31. The SMILES string of the molecule is CN1C(=O)CN(Cc2ccc(N3CCCCC3)cc2)C1=O. The first-order valence-corrected chi connectivity index (χ1v) is 7.54. The van der Waals surface area contributed by atoms with E-state index in [0.717, 1.165) is 18.7 Å². The standard InChI is InChI=1S/C16H21N3O2/c1-17-15(20)12-19(16(17)21)11-13-5-7-14(8-6-13)18-9-3-2-4-10-18/h5-8H,2-4,9-12H2,1H3. The number of imide groups is 1. The highest BCUT2D eigenvalue weighted by molar-refractivity contribution is 6.01. The van der Waals surface area contributed by atoms with Crippen molar-refractivity contribution in [2.75, 3.05) is 31.6 Å². The summed E-state index contributed by atoms with van der Waals surface area (Å²) in [5.74, 6) is -0.134. The maximum atomic E-state index is 11.9. The number of anilines is 1. The van der Waals surface area contributed by atoms with Gasteiger partial charge in [-0.1, -0.05) is 12.1 Å². The van der Waals surface area contributed by atoms with Gasteiger partial charge in [0.2, 0.25) is 5.91 Å². The third kappa shape index (κ3) is 2.86. The van der Waals surface area contributed by atoms with Crippen molar-refractivity contribution in [2.45, 2.75) is 25.8 Å². The summed E-state index contributed by atoms with van der Waals surface area (Å²) < 4.78 is 0. The van der Waals surface area contributed by atoms with E-state index < -0.39 is 0 Å². The highest BCUT2D eigenvalue weighted by atomic mass is 16.2. The maximum Gasteiger partial charge on any atom is 0.327 e. The molecule has 0 atom stereocenters. The van der Waals surface area contributed by atoms with Crippen molar-refractivity contribution >= 4 is 17.6 Å². The second-order valence-corrected chi connectivity index (χ2v) is 5.81. The van der Waals surface area contributed by atoms with Gasteiger partial charge in [-0.15, -0.1) is 0 Å². The molecule has 0 spiro atoms. The van der Waals surface area contributed by atoms with Gasteiger partial charge in [-0.2, -0.15) is 0 Å². The molecule has 0 saturated carbocycles. The van der Waals surface area contributed by atoms with Gasteiger partial charge in [0.1, 0.15) is 6.54 Å². The molecule has 5 heteroatoms. The van der Waals surface area contributed by atoms with E-state index >= 15 is 0 Å². The van der Waals surface area contributed by atoms with Crippen LogP contribution >= 0.6 is 0 Å². The van der Waals surface area contributed by atoms with Crippen molar-refractivity contribution in [1.82, 2.24) is 9.80 Å². The summed E-state index contributed by atoms with van der Waals surface area (Å²) in [5, 5.41) is 0. The van der Waals surface area contributed by atoms with Gasteiger partial charge >= 0.3 is 6.03 Å². The summed E-state index contributed by atoms with van der Waals surface area (Å²) in [6, 6.07) is 8.14. The summed E-state index contributed by atoms with van der Waals surface area (Å²) >= 11 is 0. The first-order valence-electron chi connectivity index (χ1n) is 7.54. The Kier molecular flexibility index (Phi) is 3.82. The lowest BCUT2D eigenvalue weighted by Crippen LogP contribution is -2.30. The number of carbonyl (C=O) groups is 2. The van der Waals surface area contributed by atoms with E-state index in [4.69, 9.17) is 0 Å². The minimum Gasteiger partial charge on any atom is -0.372 e. The lowest BCUT2D eigenvalue weighted by Gasteiger charge is -2.29. The molecule has 0 N–H and O–H groups in total. The molecule has 0 unspecified atom stereocenters. The minimum absolute atomic E-state index is 0.134. The highest BCUT2D eigenvalue weighted by Gasteiger charge is 2.32. The number of nitrogens with zero attached hydrogens (tertiary/aromatic N) is 3. The second kappa shape index (κ2) is 5.76. The van der Waals surface area contributed by atoms with Crippen LogP contribution in [0.25, 0.3) is 0 Å². The van der Waals surface area contributed by atoms with E-state index in [1.807, 2.05) is 0 Å². The Morgan fingerprint density at radius 2 is 1.67 bits per heavy atom. The van der Waals surface area contributed by atoms with Crippen LogP contribution in [0.3, 0.4) is 0 Å². The van der Waals surface area contributed by atoms with Crippen LogP contribution in [0.5, 0.6) is 0 Å². The van der Waals surface area contributed by atoms with Crippen LogP contribution in [0, 0.1) is 0 Å². The molecule has 0 aliphatic carbocycles. The van der Waals surface area contributed by atoms with Crippen LogP contribution in [0.4, 0.5) is 10.5 Å². The van der Waals surface area contributed by atoms with Gasteiger partial charge in [-0.05, 0) is 37.0 Å². The molecule has 0 radical (unpaired) electrons. The summed E-state index contributed by atoms with van der Waals surface area (Å²) in [6.07, 6.45) is 3.85. The fourth-order valence-electron chi connectivity index (χ4n) is 2.96. The normalized spacial score (nSPS) is 19.6. The number of hydrogen-bond donors (Lipinski definition) is 0. The number of carbonyl (C=O) groups excluding carboxylic acids is 2. The first kappa shape index (κ1) is 13.9. The predicted molar refractivity (Wildman–Crippen MR) is 81.1 cm³/mol. The second-order valence-electron chi connectivity index (χ2n) is 5.81. The molecule has 21 heavy (non-hydrogen) atoms. The largest absolute Gasteiger partial charge is 0.372 e. The highest BCUT2D eigenvalue weighted by Crippen LogP contribution is 2.21. The fourth-order valence-corrected chi connectivity index (χ4v) is 2.96. The smallest absolute Gasteiger partial charge is 0.327 e. The number of benzene rings is 1. The Hall–Kier alpha value is -2.04. The van der Waals surface area contributed by atoms with Crippen molar-refractivity contribution in [2.24, 2.45) is 0 Å². The average molecular weight is 287 g/mol. The third-order valence-electron chi connectivity index (χ3n) is 4.29. The number of piperidine rings is 1. The quantitative estimate of drug-likeness (QED) is 0.799. The molecule has 2 aliphatic heterocycles. The van der Waals surface area contributed by atoms with Crippen molar-refractivity contribution < 1.29 is 9.59 Å². The molecule has 3 amide bonds. The van der Waals surface area contributed by atoms with Gasteiger partial charge in [0.05, 0.1) is 0 Å². The average Bonchev–Trinajstić information content (AvgIpc) is 2.76. The Morgan fingerprint density at radius 3 is 2.24 bits per heavy atom. The molecule has 0 bridgehead atoms. The number of urea groups is 1. The van der Waals surface area contributed by atoms with Crippen molar-refractivity contribution in [3.8, 4) is 0 Å². The zero-order chi connectivity index (χ0) is 14.8. The molecular weight excluding hydrogens is 266 g/mol. The van der Waals surface area contributed by atoms with E-state index in [-0.39, 0.29) is 18.5 Å². The zero-order valence-corrected chi connectivity index (χ0v) is 12.4. The topological polar surface area (TPSA) is 43.9 Å². The number of rotatable bonds is 3. The molecule has 2 aliphatic rings. The minimum atomic E-state index is -0.208. The summed E-state index contributed by atoms with van der Waals surface area (Å²) in [4.78, 5) is 28.5. The molecule has 2 saturated heterocycles. The molecule has 5 nitrogen and oxygen atoms in total.